The standard InChI is InChI=1S/C24H24N4O2S/c1-17(29)27(3)21-9-5-19(6-10-21)25-15-23-13-14-24(31-23)16-26-20-7-11-22(12-8-20)28(4)18(2)30/h5-16H,1-4H3. The molecule has 0 unspecified atom stereocenters. The van der Waals surface area contributed by atoms with Crippen LogP contribution in [0.1, 0.15) is 23.6 Å². The summed E-state index contributed by atoms with van der Waals surface area (Å²) < 4.78 is 0. The minimum absolute atomic E-state index is 0.0108. The molecule has 0 radical (unpaired) electrons. The summed E-state index contributed by atoms with van der Waals surface area (Å²) in [6.07, 6.45) is 3.64. The highest BCUT2D eigenvalue weighted by atomic mass is 32.1. The maximum absolute atomic E-state index is 11.4. The third kappa shape index (κ3) is 5.96. The highest BCUT2D eigenvalue weighted by Gasteiger charge is 2.05. The lowest BCUT2D eigenvalue weighted by Gasteiger charge is -2.14. The number of nitrogens with zero attached hydrogens (tertiary/aromatic N) is 4. The van der Waals surface area contributed by atoms with Crippen LogP contribution in [-0.2, 0) is 9.59 Å². The van der Waals surface area contributed by atoms with Crippen molar-refractivity contribution < 1.29 is 9.59 Å². The number of thiophene rings is 1. The number of aliphatic imine (C=N–C) groups is 2. The highest BCUT2D eigenvalue weighted by molar-refractivity contribution is 7.15. The molecule has 2 amide bonds. The molecule has 0 aliphatic rings. The third-order valence-electron chi connectivity index (χ3n) is 4.75. The van der Waals surface area contributed by atoms with Crippen molar-refractivity contribution in [2.45, 2.75) is 13.8 Å². The molecule has 0 saturated heterocycles. The molecular formula is C24H24N4O2S. The second-order valence-corrected chi connectivity index (χ2v) is 8.09. The van der Waals surface area contributed by atoms with E-state index in [0.717, 1.165) is 32.5 Å². The number of anilines is 2. The van der Waals surface area contributed by atoms with Crippen LogP contribution < -0.4 is 9.80 Å². The van der Waals surface area contributed by atoms with Crippen molar-refractivity contribution in [2.24, 2.45) is 9.98 Å². The molecule has 3 aromatic rings. The fourth-order valence-corrected chi connectivity index (χ4v) is 3.43. The van der Waals surface area contributed by atoms with E-state index in [0.29, 0.717) is 0 Å². The zero-order valence-electron chi connectivity index (χ0n) is 17.9. The molecule has 1 aromatic heterocycles. The molecule has 0 bridgehead atoms. The van der Waals surface area contributed by atoms with Crippen LogP contribution in [0, 0.1) is 0 Å². The molecule has 31 heavy (non-hydrogen) atoms. The molecule has 2 aromatic carbocycles. The second kappa shape index (κ2) is 9.95. The van der Waals surface area contributed by atoms with Gasteiger partial charge in [-0.15, -0.1) is 11.3 Å². The van der Waals surface area contributed by atoms with E-state index >= 15 is 0 Å². The van der Waals surface area contributed by atoms with Gasteiger partial charge in [-0.3, -0.25) is 19.6 Å². The molecule has 6 nitrogen and oxygen atoms in total. The summed E-state index contributed by atoms with van der Waals surface area (Å²) in [5.74, 6) is -0.0215. The van der Waals surface area contributed by atoms with Crippen LogP contribution in [0.3, 0.4) is 0 Å². The first-order valence-corrected chi connectivity index (χ1v) is 10.5. The van der Waals surface area contributed by atoms with E-state index < -0.39 is 0 Å². The van der Waals surface area contributed by atoms with Crippen molar-refractivity contribution in [3.63, 3.8) is 0 Å². The van der Waals surface area contributed by atoms with Crippen LogP contribution in [0.4, 0.5) is 22.7 Å². The van der Waals surface area contributed by atoms with E-state index in [9.17, 15) is 9.59 Å². The molecule has 7 heteroatoms. The Balaban J connectivity index is 1.62. The SMILES string of the molecule is CC(=O)N(C)c1ccc(N=Cc2ccc(C=Nc3ccc(N(C)C(C)=O)cc3)s2)cc1. The molecule has 0 fully saturated rings. The predicted molar refractivity (Wildman–Crippen MR) is 130 cm³/mol. The highest BCUT2D eigenvalue weighted by Crippen LogP contribution is 2.22. The second-order valence-electron chi connectivity index (χ2n) is 6.95. The molecule has 1 heterocycles. The Kier molecular flexibility index (Phi) is 7.10. The van der Waals surface area contributed by atoms with Gasteiger partial charge in [0.2, 0.25) is 11.8 Å². The quantitative estimate of drug-likeness (QED) is 0.502. The van der Waals surface area contributed by atoms with Gasteiger partial charge in [-0.2, -0.15) is 0 Å². The number of carbonyl (C=O) groups is 2. The molecule has 3 rings (SSSR count). The Morgan fingerprint density at radius 2 is 1.03 bits per heavy atom. The first-order chi connectivity index (χ1) is 14.8. The fraction of sp³-hybridized carbons (Fsp3) is 0.167. The normalized spacial score (nSPS) is 11.2. The molecule has 0 atom stereocenters. The van der Waals surface area contributed by atoms with Crippen molar-refractivity contribution in [1.29, 1.82) is 0 Å². The summed E-state index contributed by atoms with van der Waals surface area (Å²) in [7, 11) is 3.49. The largest absolute Gasteiger partial charge is 0.316 e. The van der Waals surface area contributed by atoms with Crippen molar-refractivity contribution in [2.75, 3.05) is 23.9 Å². The average Bonchev–Trinajstić information content (AvgIpc) is 3.23. The molecule has 0 spiro atoms. The van der Waals surface area contributed by atoms with E-state index in [4.69, 9.17) is 0 Å². The van der Waals surface area contributed by atoms with Gasteiger partial charge in [0.25, 0.3) is 0 Å². The van der Waals surface area contributed by atoms with E-state index in [-0.39, 0.29) is 11.8 Å². The van der Waals surface area contributed by atoms with Crippen molar-refractivity contribution in [3.05, 3.63) is 70.4 Å². The minimum atomic E-state index is -0.0108. The topological polar surface area (TPSA) is 65.3 Å². The van der Waals surface area contributed by atoms with E-state index in [1.165, 1.54) is 13.8 Å². The molecule has 0 N–H and O–H groups in total. The van der Waals surface area contributed by atoms with Gasteiger partial charge in [0, 0.05) is 61.5 Å². The summed E-state index contributed by atoms with van der Waals surface area (Å²) in [6.45, 7) is 3.07. The maximum Gasteiger partial charge on any atom is 0.223 e. The van der Waals surface area contributed by atoms with E-state index in [1.807, 2.05) is 73.1 Å². The number of carbonyl (C=O) groups excluding carboxylic acids is 2. The van der Waals surface area contributed by atoms with Crippen LogP contribution in [-0.4, -0.2) is 38.3 Å². The Bertz CT molecular complexity index is 1030. The molecule has 158 valence electrons. The van der Waals surface area contributed by atoms with Crippen molar-refractivity contribution >= 4 is 58.3 Å². The molecule has 0 aliphatic carbocycles. The maximum atomic E-state index is 11.4. The third-order valence-corrected chi connectivity index (χ3v) is 5.70. The van der Waals surface area contributed by atoms with Gasteiger partial charge in [-0.25, -0.2) is 0 Å². The number of amides is 2. The lowest BCUT2D eigenvalue weighted by molar-refractivity contribution is -0.117. The van der Waals surface area contributed by atoms with Crippen LogP contribution in [0.5, 0.6) is 0 Å². The Morgan fingerprint density at radius 1 is 0.677 bits per heavy atom. The molecule has 0 saturated carbocycles. The summed E-state index contributed by atoms with van der Waals surface area (Å²) >= 11 is 1.59. The van der Waals surface area contributed by atoms with Crippen LogP contribution >= 0.6 is 11.3 Å². The zero-order chi connectivity index (χ0) is 22.4. The van der Waals surface area contributed by atoms with E-state index in [1.54, 1.807) is 35.2 Å². The Morgan fingerprint density at radius 3 is 1.35 bits per heavy atom. The van der Waals surface area contributed by atoms with Gasteiger partial charge in [0.15, 0.2) is 0 Å². The van der Waals surface area contributed by atoms with Gasteiger partial charge in [0.05, 0.1) is 11.4 Å². The molecule has 0 aliphatic heterocycles. The Hall–Kier alpha value is -3.58. The molecular weight excluding hydrogens is 408 g/mol. The fourth-order valence-electron chi connectivity index (χ4n) is 2.67. The van der Waals surface area contributed by atoms with Crippen molar-refractivity contribution in [3.8, 4) is 0 Å². The van der Waals surface area contributed by atoms with Gasteiger partial charge in [0.1, 0.15) is 0 Å². The minimum Gasteiger partial charge on any atom is -0.316 e. The van der Waals surface area contributed by atoms with Crippen molar-refractivity contribution in [1.82, 2.24) is 0 Å². The number of hydrogen-bond donors (Lipinski definition) is 0. The van der Waals surface area contributed by atoms with Crippen LogP contribution in [0.15, 0.2) is 70.6 Å². The Labute approximate surface area is 186 Å². The van der Waals surface area contributed by atoms with Gasteiger partial charge < -0.3 is 9.80 Å². The first-order valence-electron chi connectivity index (χ1n) is 9.70. The van der Waals surface area contributed by atoms with Gasteiger partial charge in [-0.1, -0.05) is 0 Å². The average molecular weight is 433 g/mol. The summed E-state index contributed by atoms with van der Waals surface area (Å²) in [4.78, 5) is 37.1. The summed E-state index contributed by atoms with van der Waals surface area (Å²) in [6, 6.07) is 19.0. The van der Waals surface area contributed by atoms with Crippen LogP contribution in [0.2, 0.25) is 0 Å². The number of benzene rings is 2. The number of hydrogen-bond acceptors (Lipinski definition) is 5. The zero-order valence-corrected chi connectivity index (χ0v) is 18.8. The first kappa shape index (κ1) is 22.1. The number of rotatable bonds is 6. The van der Waals surface area contributed by atoms with Gasteiger partial charge >= 0.3 is 0 Å². The predicted octanol–water partition coefficient (Wildman–Crippen LogP) is 5.21. The van der Waals surface area contributed by atoms with Crippen LogP contribution in [0.25, 0.3) is 0 Å². The smallest absolute Gasteiger partial charge is 0.223 e. The summed E-state index contributed by atoms with van der Waals surface area (Å²) in [5.41, 5.74) is 3.31. The summed E-state index contributed by atoms with van der Waals surface area (Å²) in [5, 5.41) is 0. The lowest BCUT2D eigenvalue weighted by atomic mass is 10.2. The van der Waals surface area contributed by atoms with E-state index in [2.05, 4.69) is 9.98 Å². The lowest BCUT2D eigenvalue weighted by Crippen LogP contribution is -2.22. The van der Waals surface area contributed by atoms with Gasteiger partial charge in [-0.05, 0) is 60.7 Å². The monoisotopic (exact) mass is 432 g/mol.